The van der Waals surface area contributed by atoms with Gasteiger partial charge in [0.1, 0.15) is 5.76 Å². The molecule has 2 aliphatic carbocycles. The second-order valence-electron chi connectivity index (χ2n) is 11.5. The van der Waals surface area contributed by atoms with Gasteiger partial charge in [0.15, 0.2) is 22.8 Å². The lowest BCUT2D eigenvalue weighted by atomic mass is 9.43. The number of Topliss-reactive ketones (excluding diaryl/α,β-unsaturated/α-hetero) is 2. The number of carbonyl (C=O) groups excluding carboxylic acids is 3. The molecule has 2 aliphatic rings. The van der Waals surface area contributed by atoms with Crippen LogP contribution in [0.5, 0.6) is 0 Å². The van der Waals surface area contributed by atoms with Gasteiger partial charge in [-0.2, -0.15) is 0 Å². The largest absolute Gasteiger partial charge is 0.511 e. The minimum atomic E-state index is -1.65. The molecule has 1 saturated carbocycles. The lowest BCUT2D eigenvalue weighted by molar-refractivity contribution is -0.169. The molecule has 0 aromatic carbocycles. The average molecular weight is 483 g/mol. The Labute approximate surface area is 212 Å². The van der Waals surface area contributed by atoms with E-state index >= 15 is 0 Å². The Hall–Kier alpha value is -2.23. The van der Waals surface area contributed by atoms with Crippen molar-refractivity contribution in [1.82, 2.24) is 0 Å². The van der Waals surface area contributed by atoms with Gasteiger partial charge in [0.25, 0.3) is 0 Å². The third-order valence-electron chi connectivity index (χ3n) is 8.46. The Morgan fingerprint density at radius 3 is 2.29 bits per heavy atom. The maximum atomic E-state index is 14.0. The fourth-order valence-corrected chi connectivity index (χ4v) is 6.03. The van der Waals surface area contributed by atoms with Crippen LogP contribution in [0.25, 0.3) is 0 Å². The number of allylic oxidation sites excluding steroid dienone is 8. The Bertz CT molecular complexity index is 954. The molecular weight excluding hydrogens is 436 g/mol. The maximum Gasteiger partial charge on any atom is 0.169 e. The summed E-state index contributed by atoms with van der Waals surface area (Å²) in [5, 5.41) is 11.3. The van der Waals surface area contributed by atoms with E-state index in [2.05, 4.69) is 39.0 Å². The number of rotatable bonds is 11. The van der Waals surface area contributed by atoms with E-state index in [0.29, 0.717) is 25.7 Å². The highest BCUT2D eigenvalue weighted by molar-refractivity contribution is 6.23. The summed E-state index contributed by atoms with van der Waals surface area (Å²) in [5.41, 5.74) is 1.32. The van der Waals surface area contributed by atoms with E-state index in [1.54, 1.807) is 0 Å². The van der Waals surface area contributed by atoms with Crippen LogP contribution in [-0.2, 0) is 14.4 Å². The molecule has 0 spiro atoms. The van der Waals surface area contributed by atoms with Crippen molar-refractivity contribution in [3.63, 3.8) is 0 Å². The van der Waals surface area contributed by atoms with E-state index in [9.17, 15) is 19.5 Å². The number of carbonyl (C=O) groups is 3. The number of aliphatic hydroxyl groups is 1. The fraction of sp³-hybridized carbons (Fsp3) is 0.645. The van der Waals surface area contributed by atoms with Gasteiger partial charge in [0, 0.05) is 12.0 Å². The first-order valence-corrected chi connectivity index (χ1v) is 13.3. The van der Waals surface area contributed by atoms with Crippen LogP contribution in [0.4, 0.5) is 0 Å². The first-order valence-electron chi connectivity index (χ1n) is 13.3. The second kappa shape index (κ2) is 11.7. The first-order chi connectivity index (χ1) is 16.3. The molecule has 194 valence electrons. The molecule has 4 heteroatoms. The summed E-state index contributed by atoms with van der Waals surface area (Å²) in [4.78, 5) is 40.7. The lowest BCUT2D eigenvalue weighted by Gasteiger charge is -2.57. The number of ketones is 3. The van der Waals surface area contributed by atoms with Crippen molar-refractivity contribution >= 4 is 17.3 Å². The molecule has 0 aromatic heterocycles. The van der Waals surface area contributed by atoms with Crippen molar-refractivity contribution in [2.45, 2.75) is 100 Å². The predicted octanol–water partition coefficient (Wildman–Crippen LogP) is 7.65. The van der Waals surface area contributed by atoms with Crippen LogP contribution in [0, 0.1) is 28.6 Å². The molecule has 2 rings (SSSR count). The van der Waals surface area contributed by atoms with E-state index in [0.717, 1.165) is 24.8 Å². The molecule has 1 fully saturated rings. The molecule has 1 N–H and O–H groups in total. The third kappa shape index (κ3) is 5.62. The molecule has 0 saturated heterocycles. The molecule has 2 bridgehead atoms. The van der Waals surface area contributed by atoms with Crippen molar-refractivity contribution in [2.75, 3.05) is 0 Å². The van der Waals surface area contributed by atoms with Gasteiger partial charge >= 0.3 is 0 Å². The predicted molar refractivity (Wildman–Crippen MR) is 143 cm³/mol. The highest BCUT2D eigenvalue weighted by Crippen LogP contribution is 2.62. The van der Waals surface area contributed by atoms with Crippen LogP contribution < -0.4 is 0 Å². The number of fused-ring (bicyclic) bond motifs is 2. The van der Waals surface area contributed by atoms with Crippen LogP contribution in [0.2, 0.25) is 0 Å². The summed E-state index contributed by atoms with van der Waals surface area (Å²) in [6, 6.07) is 0. The van der Waals surface area contributed by atoms with Crippen molar-refractivity contribution < 1.29 is 19.5 Å². The Morgan fingerprint density at radius 2 is 1.71 bits per heavy atom. The van der Waals surface area contributed by atoms with Crippen LogP contribution in [-0.4, -0.2) is 22.5 Å². The van der Waals surface area contributed by atoms with Gasteiger partial charge in [0.2, 0.25) is 0 Å². The zero-order valence-electron chi connectivity index (χ0n) is 23.2. The minimum absolute atomic E-state index is 0.0627. The van der Waals surface area contributed by atoms with Crippen molar-refractivity contribution in [3.8, 4) is 0 Å². The normalized spacial score (nSPS) is 29.4. The molecular formula is C31H46O4. The molecule has 0 radical (unpaired) electrons. The van der Waals surface area contributed by atoms with Crippen molar-refractivity contribution in [2.24, 2.45) is 28.6 Å². The average Bonchev–Trinajstić information content (AvgIpc) is 2.76. The minimum Gasteiger partial charge on any atom is -0.511 e. The monoisotopic (exact) mass is 482 g/mol. The van der Waals surface area contributed by atoms with Gasteiger partial charge in [-0.3, -0.25) is 14.4 Å². The van der Waals surface area contributed by atoms with E-state index in [-0.39, 0.29) is 34.9 Å². The first kappa shape index (κ1) is 29.0. The van der Waals surface area contributed by atoms with Gasteiger partial charge < -0.3 is 5.11 Å². The SMILES string of the molecule is CC[C@@H](C)C(=O)[C@]12C(=O)[C@H](C[C@H](CC=C(C)C)[C@@]1(C)CC/C=C(\C)CCC=C(C)C)C(=O)C=C2O. The van der Waals surface area contributed by atoms with Gasteiger partial charge in [-0.1, -0.05) is 55.7 Å². The second-order valence-corrected chi connectivity index (χ2v) is 11.5. The molecule has 0 unspecified atom stereocenters. The molecule has 4 nitrogen and oxygen atoms in total. The van der Waals surface area contributed by atoms with Gasteiger partial charge in [-0.25, -0.2) is 0 Å². The van der Waals surface area contributed by atoms with Gasteiger partial charge in [0.05, 0.1) is 5.92 Å². The molecule has 0 aliphatic heterocycles. The molecule has 5 atom stereocenters. The van der Waals surface area contributed by atoms with E-state index in [1.165, 1.54) is 17.2 Å². The van der Waals surface area contributed by atoms with Crippen LogP contribution in [0.15, 0.2) is 46.8 Å². The number of aliphatic hydroxyl groups excluding tert-OH is 1. The maximum absolute atomic E-state index is 14.0. The van der Waals surface area contributed by atoms with Crippen molar-refractivity contribution in [1.29, 1.82) is 0 Å². The number of hydrogen-bond acceptors (Lipinski definition) is 4. The Kier molecular flexibility index (Phi) is 9.67. The third-order valence-corrected chi connectivity index (χ3v) is 8.46. The molecule has 0 aromatic rings. The fourth-order valence-electron chi connectivity index (χ4n) is 6.03. The van der Waals surface area contributed by atoms with Crippen LogP contribution in [0.3, 0.4) is 0 Å². The quantitative estimate of drug-likeness (QED) is 0.242. The van der Waals surface area contributed by atoms with Crippen LogP contribution >= 0.6 is 0 Å². The van der Waals surface area contributed by atoms with Crippen LogP contribution in [0.1, 0.15) is 100 Å². The Balaban J connectivity index is 2.58. The highest BCUT2D eigenvalue weighted by Gasteiger charge is 2.70. The van der Waals surface area contributed by atoms with Crippen molar-refractivity contribution in [3.05, 3.63) is 46.8 Å². The summed E-state index contributed by atoms with van der Waals surface area (Å²) in [6.45, 7) is 16.2. The zero-order chi connectivity index (χ0) is 26.6. The smallest absolute Gasteiger partial charge is 0.169 e. The summed E-state index contributed by atoms with van der Waals surface area (Å²) >= 11 is 0. The summed E-state index contributed by atoms with van der Waals surface area (Å²) in [7, 11) is 0. The molecule has 0 heterocycles. The standard InChI is InChI=1S/C31H46O4/c1-9-23(7)28(34)31-27(33)19-26(32)25(29(31)35)18-24(16-15-21(4)5)30(31,8)17-11-14-22(6)13-10-12-20(2)3/h12,14-15,19,23-25,33H,9-11,13,16-18H2,1-8H3/b22-14+/t23-,24+,25-,30-,31-/m1/s1. The molecule has 0 amide bonds. The highest BCUT2D eigenvalue weighted by atomic mass is 16.3. The zero-order valence-corrected chi connectivity index (χ0v) is 23.2. The van der Waals surface area contributed by atoms with Gasteiger partial charge in [-0.05, 0) is 90.9 Å². The topological polar surface area (TPSA) is 71.4 Å². The lowest BCUT2D eigenvalue weighted by Crippen LogP contribution is -2.65. The van der Waals surface area contributed by atoms with E-state index in [1.807, 2.05) is 34.6 Å². The van der Waals surface area contributed by atoms with E-state index in [4.69, 9.17) is 0 Å². The molecule has 35 heavy (non-hydrogen) atoms. The Morgan fingerprint density at radius 1 is 1.09 bits per heavy atom. The summed E-state index contributed by atoms with van der Waals surface area (Å²) in [5.74, 6) is -2.60. The summed E-state index contributed by atoms with van der Waals surface area (Å²) < 4.78 is 0. The summed E-state index contributed by atoms with van der Waals surface area (Å²) in [6.07, 6.45) is 12.8. The van der Waals surface area contributed by atoms with E-state index < -0.39 is 16.7 Å². The number of hydrogen-bond donors (Lipinski definition) is 1. The van der Waals surface area contributed by atoms with Gasteiger partial charge in [-0.15, -0.1) is 0 Å².